The zero-order valence-electron chi connectivity index (χ0n) is 28.0. The van der Waals surface area contributed by atoms with E-state index in [4.69, 9.17) is 9.47 Å². The molecule has 256 valence electrons. The number of ketones is 1. The topological polar surface area (TPSA) is 156 Å². The molecule has 3 N–H and O–H groups in total. The molecule has 0 radical (unpaired) electrons. The van der Waals surface area contributed by atoms with Crippen molar-refractivity contribution in [3.8, 4) is 0 Å². The highest BCUT2D eigenvalue weighted by Gasteiger charge is 2.27. The van der Waals surface area contributed by atoms with Gasteiger partial charge in [-0.15, -0.1) is 0 Å². The van der Waals surface area contributed by atoms with Crippen molar-refractivity contribution >= 4 is 30.2 Å². The van der Waals surface area contributed by atoms with E-state index in [2.05, 4.69) is 20.9 Å². The molecular formula is C33H57N5O7. The van der Waals surface area contributed by atoms with Gasteiger partial charge in [-0.25, -0.2) is 0 Å². The summed E-state index contributed by atoms with van der Waals surface area (Å²) in [6, 6.07) is 6.36. The SMILES string of the molecule is CN1CC(C=O)CC1=O.CNC1CCC(C(=O)C(C)C)CC1.CNCCC(=O)NCCOCCOCCC=O.c1ccncc1. The number of carbonyl (C=O) groups is 5. The molecule has 2 fully saturated rings. The molecule has 1 aromatic rings. The molecule has 2 aliphatic rings. The Morgan fingerprint density at radius 3 is 2.04 bits per heavy atom. The Labute approximate surface area is 269 Å². The second-order valence-corrected chi connectivity index (χ2v) is 11.2. The standard InChI is InChI=1S/C11H22N2O4.C11H21NO.C6H9NO2.C5H5N/c1-12-4-3-11(15)13-5-8-17-10-9-16-7-2-6-14;1-8(2)11(13)9-4-6-10(12-3)7-5-9;1-7-3-5(4-8)2-6(7)9;1-2-4-6-5-3-1/h6,12H,2-5,7-10H2,1H3,(H,13,15);8-10,12H,4-7H2,1-3H3;4-5H,2-3H2,1H3;1-5H. The van der Waals surface area contributed by atoms with E-state index in [0.29, 0.717) is 83.1 Å². The highest BCUT2D eigenvalue weighted by molar-refractivity contribution is 5.83. The fourth-order valence-corrected chi connectivity index (χ4v) is 4.48. The second kappa shape index (κ2) is 28.4. The zero-order valence-corrected chi connectivity index (χ0v) is 28.0. The number of aldehydes is 2. The smallest absolute Gasteiger partial charge is 0.223 e. The number of hydrogen-bond acceptors (Lipinski definition) is 10. The Kier molecular flexibility index (Phi) is 26.5. The van der Waals surface area contributed by atoms with Gasteiger partial charge >= 0.3 is 0 Å². The molecule has 2 amide bonds. The van der Waals surface area contributed by atoms with E-state index in [1.54, 1.807) is 31.4 Å². The number of ether oxygens (including phenoxy) is 2. The minimum Gasteiger partial charge on any atom is -0.379 e. The minimum absolute atomic E-state index is 0.0187. The number of rotatable bonds is 16. The molecule has 1 saturated heterocycles. The minimum atomic E-state index is -0.0532. The zero-order chi connectivity index (χ0) is 33.7. The molecule has 0 spiro atoms. The number of amides is 2. The van der Waals surface area contributed by atoms with E-state index in [1.165, 1.54) is 12.8 Å². The maximum absolute atomic E-state index is 11.7. The maximum Gasteiger partial charge on any atom is 0.223 e. The van der Waals surface area contributed by atoms with Gasteiger partial charge in [-0.1, -0.05) is 19.9 Å². The van der Waals surface area contributed by atoms with Crippen LogP contribution in [0.25, 0.3) is 0 Å². The number of Topliss-reactive ketones (excluding diaryl/α,β-unsaturated/α-hetero) is 1. The predicted octanol–water partition coefficient (Wildman–Crippen LogP) is 2.07. The third kappa shape index (κ3) is 23.0. The third-order valence-corrected chi connectivity index (χ3v) is 7.16. The van der Waals surface area contributed by atoms with Crippen molar-refractivity contribution in [3.05, 3.63) is 30.6 Å². The van der Waals surface area contributed by atoms with E-state index in [9.17, 15) is 24.0 Å². The summed E-state index contributed by atoms with van der Waals surface area (Å²) in [6.07, 6.45) is 11.0. The molecule has 1 atom stereocenters. The first-order chi connectivity index (χ1) is 21.7. The van der Waals surface area contributed by atoms with Gasteiger partial charge < -0.3 is 39.9 Å². The number of nitrogens with zero attached hydrogens (tertiary/aromatic N) is 2. The van der Waals surface area contributed by atoms with E-state index in [0.717, 1.165) is 25.4 Å². The van der Waals surface area contributed by atoms with Crippen LogP contribution in [0.5, 0.6) is 0 Å². The molecule has 3 rings (SSSR count). The van der Waals surface area contributed by atoms with Crippen LogP contribution in [0.4, 0.5) is 0 Å². The monoisotopic (exact) mass is 635 g/mol. The van der Waals surface area contributed by atoms with Crippen LogP contribution in [0.3, 0.4) is 0 Å². The fourth-order valence-electron chi connectivity index (χ4n) is 4.48. The Bertz CT molecular complexity index is 885. The summed E-state index contributed by atoms with van der Waals surface area (Å²) < 4.78 is 10.3. The fraction of sp³-hybridized carbons (Fsp3) is 0.697. The average Bonchev–Trinajstić information content (AvgIpc) is 3.41. The van der Waals surface area contributed by atoms with Crippen LogP contribution in [0.15, 0.2) is 30.6 Å². The Morgan fingerprint density at radius 1 is 0.978 bits per heavy atom. The van der Waals surface area contributed by atoms with Crippen molar-refractivity contribution in [2.75, 3.05) is 67.2 Å². The number of likely N-dealkylation sites (tertiary alicyclic amines) is 1. The van der Waals surface area contributed by atoms with Gasteiger partial charge in [0.25, 0.3) is 0 Å². The Balaban J connectivity index is 0.000000608. The molecule has 1 aliphatic heterocycles. The summed E-state index contributed by atoms with van der Waals surface area (Å²) in [5.41, 5.74) is 0. The molecule has 45 heavy (non-hydrogen) atoms. The van der Waals surface area contributed by atoms with Crippen LogP contribution in [0.1, 0.15) is 58.8 Å². The van der Waals surface area contributed by atoms with Gasteiger partial charge in [0.2, 0.25) is 11.8 Å². The van der Waals surface area contributed by atoms with Crippen molar-refractivity contribution < 1.29 is 33.4 Å². The molecule has 2 heterocycles. The normalized spacial score (nSPS) is 18.8. The number of hydrogen-bond donors (Lipinski definition) is 3. The summed E-state index contributed by atoms with van der Waals surface area (Å²) in [7, 11) is 5.53. The number of aromatic nitrogens is 1. The summed E-state index contributed by atoms with van der Waals surface area (Å²) in [5.74, 6) is 1.08. The van der Waals surface area contributed by atoms with Gasteiger partial charge in [-0.05, 0) is 51.9 Å². The Hall–Kier alpha value is -3.06. The first-order valence-electron chi connectivity index (χ1n) is 16.0. The number of nitrogens with one attached hydrogen (secondary N) is 3. The first kappa shape index (κ1) is 41.9. The third-order valence-electron chi connectivity index (χ3n) is 7.16. The van der Waals surface area contributed by atoms with Crippen LogP contribution in [0, 0.1) is 17.8 Å². The van der Waals surface area contributed by atoms with Gasteiger partial charge in [0.1, 0.15) is 18.4 Å². The van der Waals surface area contributed by atoms with Crippen LogP contribution in [-0.4, -0.2) is 113 Å². The second-order valence-electron chi connectivity index (χ2n) is 11.2. The highest BCUT2D eigenvalue weighted by atomic mass is 16.5. The molecule has 0 bridgehead atoms. The van der Waals surface area contributed by atoms with Crippen LogP contribution >= 0.6 is 0 Å². The summed E-state index contributed by atoms with van der Waals surface area (Å²) in [4.78, 5) is 59.0. The molecule has 12 heteroatoms. The van der Waals surface area contributed by atoms with Crippen LogP contribution in [-0.2, 0) is 33.4 Å². The van der Waals surface area contributed by atoms with Crippen molar-refractivity contribution in [2.24, 2.45) is 17.8 Å². The van der Waals surface area contributed by atoms with Crippen molar-refractivity contribution in [1.82, 2.24) is 25.8 Å². The van der Waals surface area contributed by atoms with Gasteiger partial charge in [0.05, 0.1) is 26.4 Å². The maximum atomic E-state index is 11.7. The average molecular weight is 636 g/mol. The molecule has 0 aromatic carbocycles. The lowest BCUT2D eigenvalue weighted by Gasteiger charge is -2.28. The summed E-state index contributed by atoms with van der Waals surface area (Å²) in [5, 5.41) is 8.92. The number of pyridine rings is 1. The van der Waals surface area contributed by atoms with Crippen LogP contribution < -0.4 is 16.0 Å². The van der Waals surface area contributed by atoms with Crippen molar-refractivity contribution in [3.63, 3.8) is 0 Å². The largest absolute Gasteiger partial charge is 0.379 e. The van der Waals surface area contributed by atoms with Crippen molar-refractivity contribution in [1.29, 1.82) is 0 Å². The molecule has 12 nitrogen and oxygen atoms in total. The van der Waals surface area contributed by atoms with E-state index in [1.807, 2.05) is 39.1 Å². The molecule has 1 unspecified atom stereocenters. The Morgan fingerprint density at radius 2 is 1.62 bits per heavy atom. The molecular weight excluding hydrogens is 578 g/mol. The lowest BCUT2D eigenvalue weighted by atomic mass is 9.80. The summed E-state index contributed by atoms with van der Waals surface area (Å²) >= 11 is 0. The van der Waals surface area contributed by atoms with E-state index in [-0.39, 0.29) is 23.7 Å². The molecule has 1 aromatic heterocycles. The lowest BCUT2D eigenvalue weighted by molar-refractivity contribution is -0.127. The van der Waals surface area contributed by atoms with Gasteiger partial charge in [0, 0.05) is 82.1 Å². The predicted molar refractivity (Wildman–Crippen MR) is 175 cm³/mol. The molecule has 1 aliphatic carbocycles. The van der Waals surface area contributed by atoms with Gasteiger partial charge in [0.15, 0.2) is 0 Å². The van der Waals surface area contributed by atoms with Gasteiger partial charge in [-0.3, -0.25) is 19.4 Å². The summed E-state index contributed by atoms with van der Waals surface area (Å²) in [6.45, 7) is 7.66. The van der Waals surface area contributed by atoms with E-state index >= 15 is 0 Å². The quantitative estimate of drug-likeness (QED) is 0.182. The molecule has 1 saturated carbocycles. The lowest BCUT2D eigenvalue weighted by Crippen LogP contribution is -2.33. The van der Waals surface area contributed by atoms with E-state index < -0.39 is 0 Å². The van der Waals surface area contributed by atoms with Gasteiger partial charge in [-0.2, -0.15) is 0 Å². The van der Waals surface area contributed by atoms with Crippen molar-refractivity contribution in [2.45, 2.75) is 64.8 Å². The van der Waals surface area contributed by atoms with Crippen LogP contribution in [0.2, 0.25) is 0 Å². The first-order valence-corrected chi connectivity index (χ1v) is 16.0. The highest BCUT2D eigenvalue weighted by Crippen LogP contribution is 2.26. The number of carbonyl (C=O) groups excluding carboxylic acids is 5.